The Hall–Kier alpha value is -3.42. The molecule has 0 N–H and O–H groups in total. The van der Waals surface area contributed by atoms with Crippen LogP contribution >= 0.6 is 0 Å². The predicted molar refractivity (Wildman–Crippen MR) is 184 cm³/mol. The van der Waals surface area contributed by atoms with Crippen molar-refractivity contribution in [2.24, 2.45) is 11.8 Å². The fraction of sp³-hybridized carbons (Fsp3) is 0.476. The Morgan fingerprint density at radius 2 is 1.19 bits per heavy atom. The van der Waals surface area contributed by atoms with Gasteiger partial charge in [-0.3, -0.25) is 0 Å². The summed E-state index contributed by atoms with van der Waals surface area (Å²) in [7, 11) is 0. The first-order valence-electron chi connectivity index (χ1n) is 17.2. The van der Waals surface area contributed by atoms with E-state index in [0.717, 1.165) is 59.3 Å². The minimum atomic E-state index is 0.777. The molecule has 0 spiro atoms. The van der Waals surface area contributed by atoms with Crippen LogP contribution in [0, 0.1) is 35.5 Å². The van der Waals surface area contributed by atoms with Crippen molar-refractivity contribution in [1.82, 2.24) is 0 Å². The van der Waals surface area contributed by atoms with Crippen molar-refractivity contribution in [2.75, 3.05) is 6.61 Å². The van der Waals surface area contributed by atoms with Crippen molar-refractivity contribution in [3.63, 3.8) is 0 Å². The number of unbranched alkanes of at least 4 members (excludes halogenated alkanes) is 4. The molecule has 1 aliphatic rings. The van der Waals surface area contributed by atoms with Crippen LogP contribution in [-0.2, 0) is 12.8 Å². The van der Waals surface area contributed by atoms with Gasteiger partial charge in [-0.05, 0) is 103 Å². The van der Waals surface area contributed by atoms with Gasteiger partial charge in [0.05, 0.1) is 6.61 Å². The molecule has 43 heavy (non-hydrogen) atoms. The monoisotopic (exact) mass is 572 g/mol. The molecule has 0 heterocycles. The van der Waals surface area contributed by atoms with Crippen LogP contribution in [0.15, 0.2) is 66.7 Å². The fourth-order valence-electron chi connectivity index (χ4n) is 6.16. The highest BCUT2D eigenvalue weighted by atomic mass is 16.5. The number of ether oxygens (including phenoxy) is 1. The molecule has 0 atom stereocenters. The highest BCUT2D eigenvalue weighted by Gasteiger charge is 2.20. The summed E-state index contributed by atoms with van der Waals surface area (Å²) in [5.74, 6) is 16.3. The molecule has 226 valence electrons. The molecule has 0 radical (unpaired) electrons. The third-order valence-electron chi connectivity index (χ3n) is 9.03. The molecule has 1 nitrogen and oxygen atoms in total. The average Bonchev–Trinajstić information content (AvgIpc) is 3.05. The number of aryl methyl sites for hydroxylation is 2. The van der Waals surface area contributed by atoms with Gasteiger partial charge in [-0.25, -0.2) is 0 Å². The topological polar surface area (TPSA) is 9.23 Å². The Morgan fingerprint density at radius 3 is 1.86 bits per heavy atom. The van der Waals surface area contributed by atoms with Crippen LogP contribution in [0.25, 0.3) is 0 Å². The molecule has 0 amide bonds. The summed E-state index contributed by atoms with van der Waals surface area (Å²) in [6.07, 6.45) is 18.4. The maximum absolute atomic E-state index is 5.82. The van der Waals surface area contributed by atoms with E-state index in [1.165, 1.54) is 88.2 Å². The second-order valence-corrected chi connectivity index (χ2v) is 12.4. The largest absolute Gasteiger partial charge is 0.494 e. The van der Waals surface area contributed by atoms with E-state index in [2.05, 4.69) is 86.9 Å². The fourth-order valence-corrected chi connectivity index (χ4v) is 6.16. The number of hydrogen-bond acceptors (Lipinski definition) is 1. The Kier molecular flexibility index (Phi) is 13.8. The highest BCUT2D eigenvalue weighted by Crippen LogP contribution is 2.34. The molecule has 0 bridgehead atoms. The Labute approximate surface area is 262 Å². The van der Waals surface area contributed by atoms with Gasteiger partial charge in [-0.1, -0.05) is 121 Å². The van der Waals surface area contributed by atoms with Gasteiger partial charge in [0.25, 0.3) is 0 Å². The van der Waals surface area contributed by atoms with Gasteiger partial charge in [-0.2, -0.15) is 0 Å². The highest BCUT2D eigenvalue weighted by molar-refractivity contribution is 5.52. The summed E-state index contributed by atoms with van der Waals surface area (Å²) < 4.78 is 5.82. The maximum Gasteiger partial charge on any atom is 0.119 e. The SMILES string of the molecule is CCCCCOc1ccc(C#Cc2ccc(C#Cc3ccc(CCC4CCC(CCCCC)CC4)cc3)cc2CC)cc1. The van der Waals surface area contributed by atoms with Gasteiger partial charge >= 0.3 is 0 Å². The maximum atomic E-state index is 5.82. The molecule has 3 aromatic rings. The van der Waals surface area contributed by atoms with E-state index in [9.17, 15) is 0 Å². The van der Waals surface area contributed by atoms with Crippen molar-refractivity contribution < 1.29 is 4.74 Å². The number of benzene rings is 3. The zero-order chi connectivity index (χ0) is 30.1. The first kappa shape index (κ1) is 32.5. The summed E-state index contributed by atoms with van der Waals surface area (Å²) in [5, 5.41) is 0. The molecule has 1 fully saturated rings. The molecule has 0 unspecified atom stereocenters. The van der Waals surface area contributed by atoms with Gasteiger partial charge in [-0.15, -0.1) is 0 Å². The van der Waals surface area contributed by atoms with Crippen molar-refractivity contribution in [1.29, 1.82) is 0 Å². The first-order valence-corrected chi connectivity index (χ1v) is 17.2. The first-order chi connectivity index (χ1) is 21.2. The van der Waals surface area contributed by atoms with Crippen LogP contribution in [-0.4, -0.2) is 6.61 Å². The second kappa shape index (κ2) is 18.3. The lowest BCUT2D eigenvalue weighted by molar-refractivity contribution is 0.249. The minimum Gasteiger partial charge on any atom is -0.494 e. The average molecular weight is 573 g/mol. The third-order valence-corrected chi connectivity index (χ3v) is 9.03. The van der Waals surface area contributed by atoms with E-state index >= 15 is 0 Å². The van der Waals surface area contributed by atoms with Crippen LogP contribution in [0.4, 0.5) is 0 Å². The summed E-state index contributed by atoms with van der Waals surface area (Å²) in [4.78, 5) is 0. The lowest BCUT2D eigenvalue weighted by Crippen LogP contribution is -2.15. The van der Waals surface area contributed by atoms with E-state index in [1.807, 2.05) is 24.3 Å². The molecule has 0 saturated heterocycles. The van der Waals surface area contributed by atoms with E-state index in [4.69, 9.17) is 4.74 Å². The molecule has 1 heteroatoms. The Balaban J connectivity index is 1.26. The van der Waals surface area contributed by atoms with Gasteiger partial charge in [0.1, 0.15) is 5.75 Å². The minimum absolute atomic E-state index is 0.777. The lowest BCUT2D eigenvalue weighted by atomic mass is 9.78. The van der Waals surface area contributed by atoms with Gasteiger partial charge < -0.3 is 4.74 Å². The van der Waals surface area contributed by atoms with Gasteiger partial charge in [0.2, 0.25) is 0 Å². The van der Waals surface area contributed by atoms with Gasteiger partial charge in [0, 0.05) is 22.3 Å². The van der Waals surface area contributed by atoms with Crippen molar-refractivity contribution >= 4 is 0 Å². The van der Waals surface area contributed by atoms with E-state index < -0.39 is 0 Å². The van der Waals surface area contributed by atoms with Crippen molar-refractivity contribution in [3.05, 3.63) is 100 Å². The Morgan fingerprint density at radius 1 is 0.605 bits per heavy atom. The van der Waals surface area contributed by atoms with Crippen LogP contribution in [0.1, 0.15) is 131 Å². The molecule has 4 rings (SSSR count). The number of rotatable bonds is 13. The molecule has 1 saturated carbocycles. The molecule has 0 aromatic heterocycles. The summed E-state index contributed by atoms with van der Waals surface area (Å²) in [6.45, 7) is 7.47. The lowest BCUT2D eigenvalue weighted by Gasteiger charge is -2.28. The van der Waals surface area contributed by atoms with Crippen LogP contribution in [0.2, 0.25) is 0 Å². The third kappa shape index (κ3) is 11.3. The number of hydrogen-bond donors (Lipinski definition) is 0. The van der Waals surface area contributed by atoms with E-state index in [-0.39, 0.29) is 0 Å². The molecule has 0 aliphatic heterocycles. The normalized spacial score (nSPS) is 16.1. The van der Waals surface area contributed by atoms with Crippen molar-refractivity contribution in [2.45, 2.75) is 111 Å². The zero-order valence-corrected chi connectivity index (χ0v) is 27.0. The van der Waals surface area contributed by atoms with Crippen molar-refractivity contribution in [3.8, 4) is 29.4 Å². The van der Waals surface area contributed by atoms with E-state index in [0.29, 0.717) is 0 Å². The molecule has 3 aromatic carbocycles. The zero-order valence-electron chi connectivity index (χ0n) is 27.0. The summed E-state index contributed by atoms with van der Waals surface area (Å²) >= 11 is 0. The standard InChI is InChI=1S/C42H52O/c1-4-7-9-11-34-12-14-35(15-13-34)16-17-36-18-20-37(21-19-36)22-23-39-25-29-41(40(6-3)33-39)28-24-38-26-30-42(31-27-38)43-32-10-8-5-2/h18-21,25-27,29-31,33-35H,4-17,32H2,1-3H3. The molecular formula is C42H52O. The molecule has 1 aliphatic carbocycles. The molecular weight excluding hydrogens is 520 g/mol. The smallest absolute Gasteiger partial charge is 0.119 e. The second-order valence-electron chi connectivity index (χ2n) is 12.4. The predicted octanol–water partition coefficient (Wildman–Crippen LogP) is 10.9. The summed E-state index contributed by atoms with van der Waals surface area (Å²) in [5.41, 5.74) is 6.88. The summed E-state index contributed by atoms with van der Waals surface area (Å²) in [6, 6.07) is 23.5. The quantitative estimate of drug-likeness (QED) is 0.146. The van der Waals surface area contributed by atoms with E-state index in [1.54, 1.807) is 0 Å². The Bertz CT molecular complexity index is 1350. The van der Waals surface area contributed by atoms with Crippen LogP contribution in [0.3, 0.4) is 0 Å². The van der Waals surface area contributed by atoms with Crippen LogP contribution in [0.5, 0.6) is 5.75 Å². The van der Waals surface area contributed by atoms with Gasteiger partial charge in [0.15, 0.2) is 0 Å². The van der Waals surface area contributed by atoms with Crippen LogP contribution < -0.4 is 4.74 Å².